The van der Waals surface area contributed by atoms with Crippen molar-refractivity contribution in [2.24, 2.45) is 0 Å². The first-order valence-corrected chi connectivity index (χ1v) is 6.71. The zero-order valence-electron chi connectivity index (χ0n) is 9.51. The summed E-state index contributed by atoms with van der Waals surface area (Å²) in [5.41, 5.74) is -0.432. The molecule has 1 N–H and O–H groups in total. The minimum atomic E-state index is -0.432. The Morgan fingerprint density at radius 2 is 2.00 bits per heavy atom. The van der Waals surface area contributed by atoms with Crippen LogP contribution in [-0.2, 0) is 4.74 Å². The van der Waals surface area contributed by atoms with Crippen molar-refractivity contribution in [2.75, 3.05) is 5.33 Å². The van der Waals surface area contributed by atoms with Crippen LogP contribution in [0.25, 0.3) is 0 Å². The van der Waals surface area contributed by atoms with Crippen LogP contribution in [0.5, 0.6) is 0 Å². The largest absolute Gasteiger partial charge is 0.443 e. The highest BCUT2D eigenvalue weighted by Gasteiger charge is 2.23. The van der Waals surface area contributed by atoms with Crippen molar-refractivity contribution in [3.63, 3.8) is 0 Å². The Kier molecular flexibility index (Phi) is 4.90. The summed E-state index contributed by atoms with van der Waals surface area (Å²) in [5, 5.41) is 3.58. The quantitative estimate of drug-likeness (QED) is 0.805. The topological polar surface area (TPSA) is 38.3 Å². The summed E-state index contributed by atoms with van der Waals surface area (Å²) >= 11 is 3.32. The molecule has 0 aromatic heterocycles. The van der Waals surface area contributed by atoms with Gasteiger partial charge >= 0.3 is 6.09 Å². The number of carbonyl (C=O) groups is 1. The Labute approximate surface area is 100 Å². The van der Waals surface area contributed by atoms with Crippen molar-refractivity contribution in [3.8, 4) is 0 Å². The number of alkyl carbamates (subject to hydrolysis) is 1. The number of carbonyl (C=O) groups excluding carboxylic acids is 1. The standard InChI is InChI=1S/C11H20BrNO2/c1-11(2,8-12)15-10(14)13-9-6-4-3-5-7-9/h9H,3-8H2,1-2H3,(H,13,14). The van der Waals surface area contributed by atoms with E-state index in [2.05, 4.69) is 21.2 Å². The van der Waals surface area contributed by atoms with Crippen LogP contribution in [0.1, 0.15) is 46.0 Å². The summed E-state index contributed by atoms with van der Waals surface area (Å²) < 4.78 is 5.29. The van der Waals surface area contributed by atoms with Gasteiger partial charge in [-0.15, -0.1) is 0 Å². The van der Waals surface area contributed by atoms with Gasteiger partial charge in [0.05, 0.1) is 0 Å². The fourth-order valence-corrected chi connectivity index (χ4v) is 1.84. The van der Waals surface area contributed by atoms with Crippen molar-refractivity contribution in [2.45, 2.75) is 57.6 Å². The second kappa shape index (κ2) is 5.73. The second-order valence-corrected chi connectivity index (χ2v) is 5.32. The van der Waals surface area contributed by atoms with Crippen LogP contribution >= 0.6 is 15.9 Å². The minimum Gasteiger partial charge on any atom is -0.443 e. The summed E-state index contributed by atoms with van der Waals surface area (Å²) in [7, 11) is 0. The molecule has 3 nitrogen and oxygen atoms in total. The van der Waals surface area contributed by atoms with Crippen molar-refractivity contribution in [1.82, 2.24) is 5.32 Å². The van der Waals surface area contributed by atoms with E-state index in [4.69, 9.17) is 4.74 Å². The minimum absolute atomic E-state index is 0.286. The molecule has 0 unspecified atom stereocenters. The number of rotatable bonds is 3. The third-order valence-corrected chi connectivity index (χ3v) is 3.97. The average Bonchev–Trinajstić information content (AvgIpc) is 2.18. The highest BCUT2D eigenvalue weighted by molar-refractivity contribution is 9.09. The Bertz CT molecular complexity index is 213. The molecular weight excluding hydrogens is 258 g/mol. The molecule has 1 aliphatic carbocycles. The van der Waals surface area contributed by atoms with E-state index in [0.717, 1.165) is 12.8 Å². The van der Waals surface area contributed by atoms with Crippen LogP contribution in [-0.4, -0.2) is 23.1 Å². The van der Waals surface area contributed by atoms with Gasteiger partial charge in [-0.05, 0) is 26.7 Å². The van der Waals surface area contributed by atoms with Crippen molar-refractivity contribution in [1.29, 1.82) is 0 Å². The van der Waals surface area contributed by atoms with Gasteiger partial charge < -0.3 is 10.1 Å². The van der Waals surface area contributed by atoms with E-state index in [-0.39, 0.29) is 6.09 Å². The Balaban J connectivity index is 2.28. The maximum atomic E-state index is 11.5. The fourth-order valence-electron chi connectivity index (χ4n) is 1.72. The molecule has 1 aliphatic rings. The van der Waals surface area contributed by atoms with Gasteiger partial charge in [0, 0.05) is 11.4 Å². The van der Waals surface area contributed by atoms with Gasteiger partial charge in [0.2, 0.25) is 0 Å². The summed E-state index contributed by atoms with van der Waals surface area (Å²) in [6.45, 7) is 3.78. The third kappa shape index (κ3) is 4.87. The first kappa shape index (κ1) is 12.8. The SMILES string of the molecule is CC(C)(CBr)OC(=O)NC1CCCCC1. The van der Waals surface area contributed by atoms with Gasteiger partial charge in [0.15, 0.2) is 0 Å². The van der Waals surface area contributed by atoms with Gasteiger partial charge in [-0.1, -0.05) is 35.2 Å². The average molecular weight is 278 g/mol. The normalized spacial score (nSPS) is 18.6. The molecule has 0 spiro atoms. The number of ether oxygens (including phenoxy) is 1. The highest BCUT2D eigenvalue weighted by Crippen LogP contribution is 2.18. The van der Waals surface area contributed by atoms with Gasteiger partial charge in [-0.2, -0.15) is 0 Å². The third-order valence-electron chi connectivity index (χ3n) is 2.62. The van der Waals surface area contributed by atoms with E-state index in [1.54, 1.807) is 0 Å². The zero-order chi connectivity index (χ0) is 11.3. The van der Waals surface area contributed by atoms with E-state index in [1.807, 2.05) is 13.8 Å². The van der Waals surface area contributed by atoms with Gasteiger partial charge in [0.25, 0.3) is 0 Å². The molecule has 88 valence electrons. The first-order valence-electron chi connectivity index (χ1n) is 5.59. The maximum Gasteiger partial charge on any atom is 0.407 e. The molecule has 0 heterocycles. The number of nitrogens with one attached hydrogen (secondary N) is 1. The molecule has 1 fully saturated rings. The fraction of sp³-hybridized carbons (Fsp3) is 0.909. The number of hydrogen-bond acceptors (Lipinski definition) is 2. The lowest BCUT2D eigenvalue weighted by molar-refractivity contribution is 0.0533. The number of halogens is 1. The van der Waals surface area contributed by atoms with Crippen molar-refractivity contribution >= 4 is 22.0 Å². The molecule has 0 aromatic carbocycles. The zero-order valence-corrected chi connectivity index (χ0v) is 11.1. The number of amides is 1. The Hall–Kier alpha value is -0.250. The van der Waals surface area contributed by atoms with Crippen molar-refractivity contribution in [3.05, 3.63) is 0 Å². The molecule has 0 aliphatic heterocycles. The van der Waals surface area contributed by atoms with E-state index in [9.17, 15) is 4.79 Å². The second-order valence-electron chi connectivity index (χ2n) is 4.76. The summed E-state index contributed by atoms with van der Waals surface area (Å²) in [5.74, 6) is 0. The van der Waals surface area contributed by atoms with Gasteiger partial charge in [-0.25, -0.2) is 4.79 Å². The maximum absolute atomic E-state index is 11.5. The Morgan fingerprint density at radius 1 is 1.40 bits per heavy atom. The summed E-state index contributed by atoms with van der Waals surface area (Å²) in [4.78, 5) is 11.5. The Morgan fingerprint density at radius 3 is 2.53 bits per heavy atom. The summed E-state index contributed by atoms with van der Waals surface area (Å²) in [6.07, 6.45) is 5.61. The van der Waals surface area contributed by atoms with Crippen LogP contribution < -0.4 is 5.32 Å². The van der Waals surface area contributed by atoms with E-state index in [0.29, 0.717) is 11.4 Å². The van der Waals surface area contributed by atoms with Gasteiger partial charge in [-0.3, -0.25) is 0 Å². The lowest BCUT2D eigenvalue weighted by Gasteiger charge is -2.26. The predicted octanol–water partition coefficient (Wildman–Crippen LogP) is 3.22. The van der Waals surface area contributed by atoms with Crippen LogP contribution in [0.2, 0.25) is 0 Å². The molecule has 15 heavy (non-hydrogen) atoms. The molecule has 1 saturated carbocycles. The summed E-state index contributed by atoms with van der Waals surface area (Å²) in [6, 6.07) is 0.317. The highest BCUT2D eigenvalue weighted by atomic mass is 79.9. The lowest BCUT2D eigenvalue weighted by Crippen LogP contribution is -2.41. The molecule has 1 rings (SSSR count). The first-order chi connectivity index (χ1) is 7.03. The van der Waals surface area contributed by atoms with E-state index < -0.39 is 5.60 Å². The van der Waals surface area contributed by atoms with Crippen LogP contribution in [0.15, 0.2) is 0 Å². The molecular formula is C11H20BrNO2. The van der Waals surface area contributed by atoms with Crippen LogP contribution in [0.3, 0.4) is 0 Å². The van der Waals surface area contributed by atoms with E-state index in [1.165, 1.54) is 19.3 Å². The van der Waals surface area contributed by atoms with Crippen LogP contribution in [0.4, 0.5) is 4.79 Å². The molecule has 0 saturated heterocycles. The van der Waals surface area contributed by atoms with Crippen LogP contribution in [0, 0.1) is 0 Å². The molecule has 0 aromatic rings. The molecule has 0 atom stereocenters. The molecule has 0 radical (unpaired) electrons. The molecule has 0 bridgehead atoms. The van der Waals surface area contributed by atoms with Gasteiger partial charge in [0.1, 0.15) is 5.60 Å². The predicted molar refractivity (Wildman–Crippen MR) is 64.4 cm³/mol. The number of alkyl halides is 1. The monoisotopic (exact) mass is 277 g/mol. The van der Waals surface area contributed by atoms with E-state index >= 15 is 0 Å². The molecule has 4 heteroatoms. The smallest absolute Gasteiger partial charge is 0.407 e. The van der Waals surface area contributed by atoms with Crippen molar-refractivity contribution < 1.29 is 9.53 Å². The molecule has 1 amide bonds. The number of hydrogen-bond donors (Lipinski definition) is 1. The lowest BCUT2D eigenvalue weighted by atomic mass is 9.96.